The number of benzene rings is 1. The van der Waals surface area contributed by atoms with Crippen molar-refractivity contribution in [3.8, 4) is 0 Å². The van der Waals surface area contributed by atoms with Gasteiger partial charge in [-0.3, -0.25) is 0 Å². The fourth-order valence-electron chi connectivity index (χ4n) is 2.21. The highest BCUT2D eigenvalue weighted by atomic mass is 15.3. The Morgan fingerprint density at radius 2 is 2.00 bits per heavy atom. The average Bonchev–Trinajstić information content (AvgIpc) is 2.38. The van der Waals surface area contributed by atoms with Crippen LogP contribution in [0.3, 0.4) is 0 Å². The van der Waals surface area contributed by atoms with Gasteiger partial charge in [0.2, 0.25) is 5.96 Å². The minimum Gasteiger partial charge on any atom is -0.368 e. The summed E-state index contributed by atoms with van der Waals surface area (Å²) in [6.45, 7) is 4.12. The number of aryl methyl sites for hydroxylation is 2. The van der Waals surface area contributed by atoms with Gasteiger partial charge in [0.15, 0.2) is 0 Å². The highest BCUT2D eigenvalue weighted by molar-refractivity contribution is 5.81. The summed E-state index contributed by atoms with van der Waals surface area (Å²) in [5.41, 5.74) is 12.3. The molecule has 0 amide bonds. The normalized spacial score (nSPS) is 15.8. The Morgan fingerprint density at radius 3 is 2.74 bits per heavy atom. The van der Waals surface area contributed by atoms with E-state index in [-0.39, 0.29) is 0 Å². The van der Waals surface area contributed by atoms with Gasteiger partial charge < -0.3 is 5.73 Å². The first-order valence-corrected chi connectivity index (χ1v) is 6.90. The van der Waals surface area contributed by atoms with Crippen LogP contribution in [0.15, 0.2) is 28.3 Å². The van der Waals surface area contributed by atoms with E-state index < -0.39 is 0 Å². The predicted molar refractivity (Wildman–Crippen MR) is 80.8 cm³/mol. The van der Waals surface area contributed by atoms with Gasteiger partial charge in [-0.2, -0.15) is 5.10 Å². The number of hydrogen-bond acceptors (Lipinski definition) is 2. The van der Waals surface area contributed by atoms with Crippen LogP contribution in [0, 0.1) is 5.92 Å². The molecule has 3 N–H and O–H groups in total. The molecule has 0 spiro atoms. The summed E-state index contributed by atoms with van der Waals surface area (Å²) in [5, 5.41) is 4.02. The smallest absolute Gasteiger partial charge is 0.214 e. The molecule has 1 aromatic carbocycles. The lowest BCUT2D eigenvalue weighted by Crippen LogP contribution is -2.27. The molecule has 0 aliphatic heterocycles. The Balaban J connectivity index is 2.05. The van der Waals surface area contributed by atoms with Crippen LogP contribution in [0.1, 0.15) is 37.8 Å². The molecule has 102 valence electrons. The van der Waals surface area contributed by atoms with Gasteiger partial charge in [0.1, 0.15) is 0 Å². The molecule has 0 fully saturated rings. The van der Waals surface area contributed by atoms with E-state index >= 15 is 0 Å². The quantitative estimate of drug-likeness (QED) is 0.497. The molecule has 0 unspecified atom stereocenters. The van der Waals surface area contributed by atoms with E-state index in [0.717, 1.165) is 12.1 Å². The van der Waals surface area contributed by atoms with Crippen molar-refractivity contribution in [2.45, 2.75) is 39.5 Å². The van der Waals surface area contributed by atoms with Crippen molar-refractivity contribution < 1.29 is 0 Å². The minimum atomic E-state index is 0.327. The van der Waals surface area contributed by atoms with E-state index in [1.165, 1.54) is 30.4 Å². The minimum absolute atomic E-state index is 0.327. The molecule has 0 radical (unpaired) electrons. The Bertz CT molecular complexity index is 489. The highest BCUT2D eigenvalue weighted by Crippen LogP contribution is 2.25. The van der Waals surface area contributed by atoms with Crippen molar-refractivity contribution in [2.24, 2.45) is 21.7 Å². The van der Waals surface area contributed by atoms with E-state index in [2.05, 4.69) is 41.5 Å². The summed E-state index contributed by atoms with van der Waals surface area (Å²) in [6.07, 6.45) is 6.70. The maximum absolute atomic E-state index is 5.79. The number of nitrogens with two attached hydrogens (primary N) is 1. The van der Waals surface area contributed by atoms with Gasteiger partial charge in [-0.05, 0) is 54.9 Å². The van der Waals surface area contributed by atoms with Gasteiger partial charge >= 0.3 is 0 Å². The number of fused-ring (bicyclic) bond motifs is 1. The van der Waals surface area contributed by atoms with Crippen LogP contribution < -0.4 is 11.2 Å². The fourth-order valence-corrected chi connectivity index (χ4v) is 2.21. The van der Waals surface area contributed by atoms with E-state index in [1.54, 1.807) is 6.21 Å². The zero-order valence-electron chi connectivity index (χ0n) is 11.7. The Kier molecular flexibility index (Phi) is 4.55. The molecule has 0 aromatic heterocycles. The molecular formula is C15H22N4. The van der Waals surface area contributed by atoms with Gasteiger partial charge in [-0.15, -0.1) is 0 Å². The van der Waals surface area contributed by atoms with Crippen molar-refractivity contribution in [3.63, 3.8) is 0 Å². The largest absolute Gasteiger partial charge is 0.368 e. The zero-order valence-corrected chi connectivity index (χ0v) is 11.7. The van der Waals surface area contributed by atoms with Gasteiger partial charge in [0.05, 0.1) is 5.69 Å². The first kappa shape index (κ1) is 13.6. The Hall–Kier alpha value is -1.84. The molecule has 19 heavy (non-hydrogen) atoms. The number of nitrogens with zero attached hydrogens (tertiary/aromatic N) is 2. The number of guanidine groups is 1. The van der Waals surface area contributed by atoms with Crippen molar-refractivity contribution >= 4 is 17.9 Å². The van der Waals surface area contributed by atoms with Crippen molar-refractivity contribution in [3.05, 3.63) is 29.3 Å². The van der Waals surface area contributed by atoms with Crippen LogP contribution in [-0.2, 0) is 12.8 Å². The van der Waals surface area contributed by atoms with Crippen molar-refractivity contribution in [1.82, 2.24) is 5.43 Å². The third-order valence-electron chi connectivity index (χ3n) is 3.13. The van der Waals surface area contributed by atoms with Crippen LogP contribution in [0.4, 0.5) is 5.69 Å². The Morgan fingerprint density at radius 1 is 1.26 bits per heavy atom. The molecule has 1 aliphatic carbocycles. The summed E-state index contributed by atoms with van der Waals surface area (Å²) in [4.78, 5) is 4.33. The lowest BCUT2D eigenvalue weighted by molar-refractivity contribution is 0.686. The van der Waals surface area contributed by atoms with E-state index in [0.29, 0.717) is 11.9 Å². The Labute approximate surface area is 114 Å². The summed E-state index contributed by atoms with van der Waals surface area (Å²) < 4.78 is 0. The van der Waals surface area contributed by atoms with E-state index in [9.17, 15) is 0 Å². The van der Waals surface area contributed by atoms with Gasteiger partial charge in [0, 0.05) is 6.21 Å². The SMILES string of the molecule is CC(C)C=NNC(N)=Nc1ccc2c(c1)CCCC2. The predicted octanol–water partition coefficient (Wildman–Crippen LogP) is 2.74. The summed E-state index contributed by atoms with van der Waals surface area (Å²) in [5.74, 6) is 0.719. The van der Waals surface area contributed by atoms with Crippen LogP contribution in [-0.4, -0.2) is 12.2 Å². The lowest BCUT2D eigenvalue weighted by Gasteiger charge is -2.15. The number of aliphatic imine (C=N–C) groups is 1. The number of nitrogens with one attached hydrogen (secondary N) is 1. The average molecular weight is 258 g/mol. The highest BCUT2D eigenvalue weighted by Gasteiger charge is 2.09. The number of hydrazone groups is 1. The van der Waals surface area contributed by atoms with Crippen LogP contribution in [0.5, 0.6) is 0 Å². The topological polar surface area (TPSA) is 62.8 Å². The van der Waals surface area contributed by atoms with Crippen molar-refractivity contribution in [2.75, 3.05) is 0 Å². The zero-order chi connectivity index (χ0) is 13.7. The van der Waals surface area contributed by atoms with E-state index in [1.807, 2.05) is 6.07 Å². The maximum atomic E-state index is 5.79. The second-order valence-corrected chi connectivity index (χ2v) is 5.29. The molecule has 0 bridgehead atoms. The lowest BCUT2D eigenvalue weighted by atomic mass is 9.91. The summed E-state index contributed by atoms with van der Waals surface area (Å²) in [7, 11) is 0. The monoisotopic (exact) mass is 258 g/mol. The standard InChI is InChI=1S/C15H22N4/c1-11(2)10-17-19-15(16)18-14-8-7-12-5-3-4-6-13(12)9-14/h7-11H,3-6H2,1-2H3,(H3,16,18,19). The molecule has 4 heteroatoms. The third kappa shape index (κ3) is 4.09. The number of hydrogen-bond donors (Lipinski definition) is 2. The van der Waals surface area contributed by atoms with Gasteiger partial charge in [0.25, 0.3) is 0 Å². The molecule has 4 nitrogen and oxygen atoms in total. The second-order valence-electron chi connectivity index (χ2n) is 5.29. The molecule has 1 aliphatic rings. The fraction of sp³-hybridized carbons (Fsp3) is 0.467. The van der Waals surface area contributed by atoms with Gasteiger partial charge in [-0.25, -0.2) is 10.4 Å². The maximum Gasteiger partial charge on any atom is 0.214 e. The molecule has 0 saturated heterocycles. The molecule has 0 atom stereocenters. The number of rotatable bonds is 3. The first-order chi connectivity index (χ1) is 9.15. The third-order valence-corrected chi connectivity index (χ3v) is 3.13. The first-order valence-electron chi connectivity index (χ1n) is 6.90. The van der Waals surface area contributed by atoms with Gasteiger partial charge in [-0.1, -0.05) is 19.9 Å². The van der Waals surface area contributed by atoms with Crippen LogP contribution in [0.25, 0.3) is 0 Å². The molecule has 1 aromatic rings. The molecule has 2 rings (SSSR count). The van der Waals surface area contributed by atoms with Crippen LogP contribution in [0.2, 0.25) is 0 Å². The molecule has 0 heterocycles. The second kappa shape index (κ2) is 6.36. The van der Waals surface area contributed by atoms with Crippen LogP contribution >= 0.6 is 0 Å². The molecular weight excluding hydrogens is 236 g/mol. The van der Waals surface area contributed by atoms with Crippen molar-refractivity contribution in [1.29, 1.82) is 0 Å². The summed E-state index contributed by atoms with van der Waals surface area (Å²) >= 11 is 0. The van der Waals surface area contributed by atoms with E-state index in [4.69, 9.17) is 5.73 Å². The summed E-state index contributed by atoms with van der Waals surface area (Å²) in [6, 6.07) is 6.32. The molecule has 0 saturated carbocycles.